The molecule has 28 heavy (non-hydrogen) atoms. The molecule has 0 saturated carbocycles. The fourth-order valence-electron chi connectivity index (χ4n) is 2.74. The van der Waals surface area contributed by atoms with Crippen molar-refractivity contribution in [3.05, 3.63) is 71.0 Å². The van der Waals surface area contributed by atoms with Gasteiger partial charge in [-0.2, -0.15) is 0 Å². The fraction of sp³-hybridized carbons (Fsp3) is 0.364. The van der Waals surface area contributed by atoms with Crippen LogP contribution in [0, 0.1) is 12.7 Å². The van der Waals surface area contributed by atoms with E-state index in [4.69, 9.17) is 0 Å². The summed E-state index contributed by atoms with van der Waals surface area (Å²) in [7, 11) is 1.81. The SMILES string of the molecule is CCNC(=NCc1ccc(F)c(C)c1)NCCC(=O)N(C)Cc1ccccc1. The van der Waals surface area contributed by atoms with Gasteiger partial charge in [-0.25, -0.2) is 9.38 Å². The normalized spacial score (nSPS) is 11.2. The predicted molar refractivity (Wildman–Crippen MR) is 111 cm³/mol. The van der Waals surface area contributed by atoms with E-state index in [1.54, 1.807) is 24.0 Å². The lowest BCUT2D eigenvalue weighted by molar-refractivity contribution is -0.130. The molecule has 1 amide bonds. The quantitative estimate of drug-likeness (QED) is 0.543. The highest BCUT2D eigenvalue weighted by Crippen LogP contribution is 2.10. The van der Waals surface area contributed by atoms with Crippen LogP contribution < -0.4 is 10.6 Å². The number of hydrogen-bond donors (Lipinski definition) is 2. The molecule has 2 aromatic carbocycles. The lowest BCUT2D eigenvalue weighted by atomic mass is 10.1. The van der Waals surface area contributed by atoms with E-state index in [0.717, 1.165) is 17.7 Å². The summed E-state index contributed by atoms with van der Waals surface area (Å²) >= 11 is 0. The van der Waals surface area contributed by atoms with Crippen molar-refractivity contribution < 1.29 is 9.18 Å². The summed E-state index contributed by atoms with van der Waals surface area (Å²) < 4.78 is 13.4. The Bertz CT molecular complexity index is 792. The van der Waals surface area contributed by atoms with E-state index in [-0.39, 0.29) is 11.7 Å². The molecule has 2 aromatic rings. The fourth-order valence-corrected chi connectivity index (χ4v) is 2.74. The molecule has 0 atom stereocenters. The lowest BCUT2D eigenvalue weighted by Crippen LogP contribution is -2.39. The zero-order valence-electron chi connectivity index (χ0n) is 16.8. The summed E-state index contributed by atoms with van der Waals surface area (Å²) in [5.74, 6) is 0.500. The zero-order valence-corrected chi connectivity index (χ0v) is 16.8. The van der Waals surface area contributed by atoms with E-state index in [1.807, 2.05) is 44.3 Å². The van der Waals surface area contributed by atoms with Gasteiger partial charge in [-0.3, -0.25) is 4.79 Å². The van der Waals surface area contributed by atoms with Crippen molar-refractivity contribution in [1.82, 2.24) is 15.5 Å². The van der Waals surface area contributed by atoms with Gasteiger partial charge in [0.05, 0.1) is 6.54 Å². The van der Waals surface area contributed by atoms with Gasteiger partial charge >= 0.3 is 0 Å². The summed E-state index contributed by atoms with van der Waals surface area (Å²) in [6, 6.07) is 14.9. The molecule has 0 aliphatic rings. The molecule has 2 rings (SSSR count). The number of carbonyl (C=O) groups is 1. The number of aryl methyl sites for hydroxylation is 1. The van der Waals surface area contributed by atoms with E-state index in [1.165, 1.54) is 6.07 Å². The molecule has 6 heteroatoms. The number of hydrogen-bond acceptors (Lipinski definition) is 2. The number of nitrogens with one attached hydrogen (secondary N) is 2. The van der Waals surface area contributed by atoms with E-state index in [0.29, 0.717) is 37.6 Å². The first kappa shape index (κ1) is 21.4. The standard InChI is InChI=1S/C22H29FN4O/c1-4-24-22(26-15-19-10-11-20(23)17(2)14-19)25-13-12-21(28)27(3)16-18-8-6-5-7-9-18/h5-11,14H,4,12-13,15-16H2,1-3H3,(H2,24,25,26). The zero-order chi connectivity index (χ0) is 20.4. The van der Waals surface area contributed by atoms with Crippen LogP contribution in [-0.2, 0) is 17.9 Å². The average molecular weight is 384 g/mol. The number of amides is 1. The summed E-state index contributed by atoms with van der Waals surface area (Å²) in [6.45, 7) is 5.97. The molecule has 150 valence electrons. The first-order valence-corrected chi connectivity index (χ1v) is 9.54. The number of rotatable bonds is 8. The molecule has 0 heterocycles. The van der Waals surface area contributed by atoms with Crippen molar-refractivity contribution in [3.63, 3.8) is 0 Å². The molecule has 0 spiro atoms. The number of aliphatic imine (C=N–C) groups is 1. The van der Waals surface area contributed by atoms with Gasteiger partial charge in [0.2, 0.25) is 5.91 Å². The van der Waals surface area contributed by atoms with Crippen LogP contribution in [0.15, 0.2) is 53.5 Å². The summed E-state index contributed by atoms with van der Waals surface area (Å²) in [5, 5.41) is 6.35. The Hall–Kier alpha value is -2.89. The molecular weight excluding hydrogens is 355 g/mol. The molecule has 0 radical (unpaired) electrons. The Morgan fingerprint density at radius 1 is 1.11 bits per heavy atom. The number of halogens is 1. The largest absolute Gasteiger partial charge is 0.357 e. The maximum absolute atomic E-state index is 13.4. The van der Waals surface area contributed by atoms with Crippen molar-refractivity contribution >= 4 is 11.9 Å². The van der Waals surface area contributed by atoms with Crippen molar-refractivity contribution in [2.24, 2.45) is 4.99 Å². The first-order chi connectivity index (χ1) is 13.5. The molecule has 5 nitrogen and oxygen atoms in total. The number of carbonyl (C=O) groups excluding carboxylic acids is 1. The van der Waals surface area contributed by atoms with Crippen LogP contribution >= 0.6 is 0 Å². The van der Waals surface area contributed by atoms with Crippen molar-refractivity contribution in [3.8, 4) is 0 Å². The third kappa shape index (κ3) is 7.02. The minimum absolute atomic E-state index is 0.0707. The van der Waals surface area contributed by atoms with E-state index in [2.05, 4.69) is 15.6 Å². The van der Waals surface area contributed by atoms with Crippen LogP contribution in [0.4, 0.5) is 4.39 Å². The van der Waals surface area contributed by atoms with Crippen LogP contribution in [0.25, 0.3) is 0 Å². The maximum atomic E-state index is 13.4. The Morgan fingerprint density at radius 3 is 2.54 bits per heavy atom. The van der Waals surface area contributed by atoms with Gasteiger partial charge in [-0.05, 0) is 36.6 Å². The highest BCUT2D eigenvalue weighted by atomic mass is 19.1. The molecule has 0 fully saturated rings. The van der Waals surface area contributed by atoms with Crippen LogP contribution in [0.5, 0.6) is 0 Å². The third-order valence-corrected chi connectivity index (χ3v) is 4.31. The van der Waals surface area contributed by atoms with Crippen molar-refractivity contribution in [1.29, 1.82) is 0 Å². The van der Waals surface area contributed by atoms with Gasteiger partial charge in [0.25, 0.3) is 0 Å². The highest BCUT2D eigenvalue weighted by molar-refractivity contribution is 5.81. The smallest absolute Gasteiger partial charge is 0.224 e. The molecule has 0 aliphatic heterocycles. The predicted octanol–water partition coefficient (Wildman–Crippen LogP) is 3.24. The minimum Gasteiger partial charge on any atom is -0.357 e. The molecule has 0 unspecified atom stereocenters. The Morgan fingerprint density at radius 2 is 1.86 bits per heavy atom. The van der Waals surface area contributed by atoms with Gasteiger partial charge in [0.15, 0.2) is 5.96 Å². The number of nitrogens with zero attached hydrogens (tertiary/aromatic N) is 2. The summed E-state index contributed by atoms with van der Waals surface area (Å²) in [4.78, 5) is 18.6. The molecule has 0 bridgehead atoms. The lowest BCUT2D eigenvalue weighted by Gasteiger charge is -2.18. The van der Waals surface area contributed by atoms with Crippen LogP contribution in [0.1, 0.15) is 30.0 Å². The monoisotopic (exact) mass is 384 g/mol. The van der Waals surface area contributed by atoms with E-state index < -0.39 is 0 Å². The second kappa shape index (κ2) is 11.1. The average Bonchev–Trinajstić information content (AvgIpc) is 2.69. The van der Waals surface area contributed by atoms with Crippen LogP contribution in [-0.4, -0.2) is 36.9 Å². The van der Waals surface area contributed by atoms with Gasteiger partial charge in [-0.15, -0.1) is 0 Å². The maximum Gasteiger partial charge on any atom is 0.224 e. The second-order valence-corrected chi connectivity index (χ2v) is 6.69. The van der Waals surface area contributed by atoms with Gasteiger partial charge < -0.3 is 15.5 Å². The van der Waals surface area contributed by atoms with E-state index in [9.17, 15) is 9.18 Å². The Labute approximate surface area is 166 Å². The van der Waals surface area contributed by atoms with Crippen LogP contribution in [0.2, 0.25) is 0 Å². The highest BCUT2D eigenvalue weighted by Gasteiger charge is 2.09. The minimum atomic E-state index is -0.212. The third-order valence-electron chi connectivity index (χ3n) is 4.31. The molecular formula is C22H29FN4O. The summed E-state index contributed by atoms with van der Waals surface area (Å²) in [5.41, 5.74) is 2.66. The van der Waals surface area contributed by atoms with Gasteiger partial charge in [0, 0.05) is 33.1 Å². The second-order valence-electron chi connectivity index (χ2n) is 6.69. The molecule has 2 N–H and O–H groups in total. The van der Waals surface area contributed by atoms with Crippen LogP contribution in [0.3, 0.4) is 0 Å². The molecule has 0 aromatic heterocycles. The summed E-state index contributed by atoms with van der Waals surface area (Å²) in [6.07, 6.45) is 0.378. The Kier molecular flexibility index (Phi) is 8.46. The first-order valence-electron chi connectivity index (χ1n) is 9.54. The van der Waals surface area contributed by atoms with Crippen molar-refractivity contribution in [2.45, 2.75) is 33.4 Å². The van der Waals surface area contributed by atoms with Gasteiger partial charge in [-0.1, -0.05) is 42.5 Å². The number of guanidine groups is 1. The van der Waals surface area contributed by atoms with Gasteiger partial charge in [0.1, 0.15) is 5.82 Å². The molecule has 0 aliphatic carbocycles. The van der Waals surface area contributed by atoms with E-state index >= 15 is 0 Å². The Balaban J connectivity index is 1.83. The van der Waals surface area contributed by atoms with Crippen molar-refractivity contribution in [2.75, 3.05) is 20.1 Å². The molecule has 0 saturated heterocycles. The number of benzene rings is 2. The topological polar surface area (TPSA) is 56.7 Å².